The minimum Gasteiger partial charge on any atom is -0.481 e. The minimum atomic E-state index is -5.97. The number of methoxy groups -OCH3 is 1. The van der Waals surface area contributed by atoms with Gasteiger partial charge in [0.25, 0.3) is 0 Å². The molecule has 1 aliphatic rings. The van der Waals surface area contributed by atoms with Crippen LogP contribution in [-0.2, 0) is 14.7 Å². The van der Waals surface area contributed by atoms with Crippen LogP contribution in [0.5, 0.6) is 17.4 Å². The molecule has 0 unspecified atom stereocenters. The van der Waals surface area contributed by atoms with Crippen LogP contribution in [-0.4, -0.2) is 31.2 Å². The predicted octanol–water partition coefficient (Wildman–Crippen LogP) is 4.20. The van der Waals surface area contributed by atoms with Crippen LogP contribution < -0.4 is 19.0 Å². The molecule has 0 fully saturated rings. The molecule has 0 N–H and O–H groups in total. The highest BCUT2D eigenvalue weighted by Crippen LogP contribution is 2.72. The summed E-state index contributed by atoms with van der Waals surface area (Å²) in [4.78, 5) is 4.25. The summed E-state index contributed by atoms with van der Waals surface area (Å²) >= 11 is 0. The van der Waals surface area contributed by atoms with Crippen LogP contribution in [0.25, 0.3) is 0 Å². The fraction of sp³-hybridized carbons (Fsp3) is 0.389. The Morgan fingerprint density at radius 2 is 1.73 bits per heavy atom. The van der Waals surface area contributed by atoms with Gasteiger partial charge >= 0.3 is 15.6 Å². The van der Waals surface area contributed by atoms with E-state index in [0.717, 1.165) is 6.07 Å². The van der Waals surface area contributed by atoms with E-state index < -0.39 is 39.5 Å². The van der Waals surface area contributed by atoms with Crippen LogP contribution in [0, 0.1) is 0 Å². The molecule has 1 aromatic heterocycles. The summed E-state index contributed by atoms with van der Waals surface area (Å²) in [5, 5.41) is -1.24. The number of aromatic nitrogens is 1. The summed E-state index contributed by atoms with van der Waals surface area (Å²) in [6.45, 7) is 4.86. The summed E-state index contributed by atoms with van der Waals surface area (Å²) in [7, 11) is -8.36. The topological polar surface area (TPSA) is 91.8 Å². The lowest BCUT2D eigenvalue weighted by atomic mass is 10.3. The van der Waals surface area contributed by atoms with Crippen molar-refractivity contribution < 1.29 is 39.8 Å². The van der Waals surface area contributed by atoms with Crippen LogP contribution in [0.3, 0.4) is 0 Å². The van der Waals surface area contributed by atoms with Gasteiger partial charge in [0.2, 0.25) is 5.88 Å². The summed E-state index contributed by atoms with van der Waals surface area (Å²) in [6.07, 6.45) is 0. The van der Waals surface area contributed by atoms with E-state index >= 15 is 0 Å². The quantitative estimate of drug-likeness (QED) is 0.380. The van der Waals surface area contributed by atoms with E-state index in [1.807, 2.05) is 0 Å². The number of fused-ring (bicyclic) bond motifs is 1. The van der Waals surface area contributed by atoms with Gasteiger partial charge in [-0.3, -0.25) is 0 Å². The molecule has 0 spiro atoms. The summed E-state index contributed by atoms with van der Waals surface area (Å²) in [5.41, 5.74) is -5.41. The van der Waals surface area contributed by atoms with Crippen molar-refractivity contribution in [1.29, 1.82) is 0 Å². The minimum absolute atomic E-state index is 0.0299. The second kappa shape index (κ2) is 7.16. The molecular weight excluding hydrogens is 446 g/mol. The number of rotatable bonds is 4. The molecule has 30 heavy (non-hydrogen) atoms. The number of benzene rings is 1. The molecule has 0 aliphatic carbocycles. The number of hydrogen-bond donors (Lipinski definition) is 0. The molecule has 7 nitrogen and oxygen atoms in total. The van der Waals surface area contributed by atoms with Crippen LogP contribution in [0.2, 0.25) is 0 Å². The number of ether oxygens (including phenoxy) is 2. The Morgan fingerprint density at radius 1 is 1.10 bits per heavy atom. The fourth-order valence-electron chi connectivity index (χ4n) is 3.08. The molecule has 1 aromatic carbocycles. The normalized spacial score (nSPS) is 21.6. The first-order valence-electron chi connectivity index (χ1n) is 8.64. The molecule has 0 saturated heterocycles. The average Bonchev–Trinajstić information content (AvgIpc) is 2.95. The van der Waals surface area contributed by atoms with E-state index in [0.29, 0.717) is 0 Å². The third-order valence-corrected chi connectivity index (χ3v) is 9.64. The second-order valence-electron chi connectivity index (χ2n) is 7.49. The zero-order chi connectivity index (χ0) is 22.5. The molecule has 164 valence electrons. The molecule has 2 aromatic rings. The standard InChI is InChI=1S/C18H19F3NO6PS/c1-17(2,3)29(23)15-12(27-16(29)11-7-5-10-14(22-11)26-4)8-6-9-13(15)28-30(24,25)18(19,20)21/h5-10,16H,1-4H3/t16-,29+/m1/s1. The van der Waals surface area contributed by atoms with Crippen molar-refractivity contribution in [3.63, 3.8) is 0 Å². The lowest BCUT2D eigenvalue weighted by Crippen LogP contribution is -2.31. The van der Waals surface area contributed by atoms with Crippen molar-refractivity contribution in [1.82, 2.24) is 4.98 Å². The van der Waals surface area contributed by atoms with Gasteiger partial charge in [-0.2, -0.15) is 21.6 Å². The molecule has 2 heterocycles. The van der Waals surface area contributed by atoms with E-state index in [9.17, 15) is 26.2 Å². The van der Waals surface area contributed by atoms with Crippen molar-refractivity contribution in [3.05, 3.63) is 42.1 Å². The van der Waals surface area contributed by atoms with Gasteiger partial charge in [0.05, 0.1) is 12.8 Å². The highest BCUT2D eigenvalue weighted by molar-refractivity contribution is 7.88. The largest absolute Gasteiger partial charge is 0.534 e. The molecular formula is C18H19F3NO6PS. The summed E-state index contributed by atoms with van der Waals surface area (Å²) < 4.78 is 91.6. The van der Waals surface area contributed by atoms with Crippen LogP contribution in [0.15, 0.2) is 36.4 Å². The van der Waals surface area contributed by atoms with Crippen LogP contribution >= 0.6 is 7.14 Å². The predicted molar refractivity (Wildman–Crippen MR) is 103 cm³/mol. The van der Waals surface area contributed by atoms with Gasteiger partial charge in [0, 0.05) is 11.2 Å². The van der Waals surface area contributed by atoms with Gasteiger partial charge in [-0.1, -0.05) is 32.9 Å². The Hall–Kier alpha value is -2.26. The zero-order valence-corrected chi connectivity index (χ0v) is 18.1. The first-order chi connectivity index (χ1) is 13.7. The van der Waals surface area contributed by atoms with Gasteiger partial charge in [0.1, 0.15) is 11.1 Å². The first kappa shape index (κ1) is 22.4. The van der Waals surface area contributed by atoms with E-state index in [4.69, 9.17) is 9.47 Å². The van der Waals surface area contributed by atoms with Gasteiger partial charge in [-0.25, -0.2) is 4.98 Å². The molecule has 0 saturated carbocycles. The van der Waals surface area contributed by atoms with Gasteiger partial charge in [-0.15, -0.1) is 0 Å². The zero-order valence-electron chi connectivity index (χ0n) is 16.4. The molecule has 3 rings (SSSR count). The molecule has 1 aliphatic heterocycles. The SMILES string of the molecule is COc1cccc([C@@H]2Oc3cccc(OS(=O)(=O)C(F)(F)F)c3[P@@]2(=O)C(C)(C)C)n1. The van der Waals surface area contributed by atoms with Crippen LogP contribution in [0.4, 0.5) is 13.2 Å². The number of pyridine rings is 1. The average molecular weight is 465 g/mol. The first-order valence-corrected chi connectivity index (χ1v) is 11.8. The number of halogens is 3. The molecule has 0 bridgehead atoms. The van der Waals surface area contributed by atoms with E-state index in [2.05, 4.69) is 9.17 Å². The second-order valence-corrected chi connectivity index (χ2v) is 12.6. The maximum Gasteiger partial charge on any atom is 0.534 e. The van der Waals surface area contributed by atoms with Crippen molar-refractivity contribution in [2.75, 3.05) is 7.11 Å². The van der Waals surface area contributed by atoms with E-state index in [-0.39, 0.29) is 22.6 Å². The van der Waals surface area contributed by atoms with Crippen molar-refractivity contribution in [2.24, 2.45) is 0 Å². The fourth-order valence-corrected chi connectivity index (χ4v) is 6.91. The van der Waals surface area contributed by atoms with Gasteiger partial charge < -0.3 is 18.2 Å². The Morgan fingerprint density at radius 3 is 2.30 bits per heavy atom. The van der Waals surface area contributed by atoms with Crippen molar-refractivity contribution in [2.45, 2.75) is 37.3 Å². The third-order valence-electron chi connectivity index (χ3n) is 4.55. The van der Waals surface area contributed by atoms with Gasteiger partial charge in [-0.05, 0) is 18.2 Å². The third kappa shape index (κ3) is 3.54. The Balaban J connectivity index is 2.22. The maximum absolute atomic E-state index is 14.4. The number of hydrogen-bond acceptors (Lipinski definition) is 7. The molecule has 0 radical (unpaired) electrons. The van der Waals surface area contributed by atoms with E-state index in [1.54, 1.807) is 39.0 Å². The lowest BCUT2D eigenvalue weighted by molar-refractivity contribution is -0.0499. The monoisotopic (exact) mass is 465 g/mol. The van der Waals surface area contributed by atoms with Crippen molar-refractivity contribution in [3.8, 4) is 17.4 Å². The number of alkyl halides is 3. The maximum atomic E-state index is 14.4. The molecule has 2 atom stereocenters. The Bertz CT molecular complexity index is 1130. The summed E-state index contributed by atoms with van der Waals surface area (Å²) in [5.74, 6) is -1.66. The lowest BCUT2D eigenvalue weighted by Gasteiger charge is -2.32. The Kier molecular flexibility index (Phi) is 5.35. The molecule has 12 heteroatoms. The smallest absolute Gasteiger partial charge is 0.481 e. The highest BCUT2D eigenvalue weighted by atomic mass is 32.2. The summed E-state index contributed by atoms with van der Waals surface area (Å²) in [6, 6.07) is 8.38. The molecule has 0 amide bonds. The van der Waals surface area contributed by atoms with E-state index in [1.165, 1.54) is 19.2 Å². The van der Waals surface area contributed by atoms with Crippen LogP contribution in [0.1, 0.15) is 32.3 Å². The van der Waals surface area contributed by atoms with Gasteiger partial charge in [0.15, 0.2) is 18.7 Å². The van der Waals surface area contributed by atoms with Crippen molar-refractivity contribution >= 4 is 22.6 Å². The highest BCUT2D eigenvalue weighted by Gasteiger charge is 2.57. The Labute approximate surface area is 171 Å². The number of nitrogens with zero attached hydrogens (tertiary/aromatic N) is 1.